The van der Waals surface area contributed by atoms with Crippen molar-refractivity contribution >= 4 is 5.91 Å². The molecule has 1 heterocycles. The van der Waals surface area contributed by atoms with Gasteiger partial charge in [0.1, 0.15) is 12.4 Å². The van der Waals surface area contributed by atoms with Crippen molar-refractivity contribution in [1.29, 1.82) is 0 Å². The van der Waals surface area contributed by atoms with E-state index in [1.54, 1.807) is 0 Å². The normalized spacial score (nSPS) is 20.0. The highest BCUT2D eigenvalue weighted by Crippen LogP contribution is 2.20. The molecule has 2 atom stereocenters. The minimum atomic E-state index is 0.0637. The van der Waals surface area contributed by atoms with Gasteiger partial charge in [0.2, 0.25) is 0 Å². The summed E-state index contributed by atoms with van der Waals surface area (Å²) in [5.41, 5.74) is 3.06. The predicted octanol–water partition coefficient (Wildman–Crippen LogP) is 4.64. The van der Waals surface area contributed by atoms with E-state index >= 15 is 0 Å². The number of carbonyl (C=O) groups is 1. The number of carbonyl (C=O) groups excluding carboxylic acids is 1. The van der Waals surface area contributed by atoms with Crippen molar-refractivity contribution in [3.05, 3.63) is 65.2 Å². The highest BCUT2D eigenvalue weighted by molar-refractivity contribution is 5.94. The number of benzene rings is 2. The van der Waals surface area contributed by atoms with E-state index in [4.69, 9.17) is 9.47 Å². The number of hydrogen-bond donors (Lipinski definition) is 0. The number of amides is 1. The van der Waals surface area contributed by atoms with Gasteiger partial charge in [0, 0.05) is 18.7 Å². The van der Waals surface area contributed by atoms with Crippen LogP contribution in [0.5, 0.6) is 5.75 Å². The summed E-state index contributed by atoms with van der Waals surface area (Å²) in [6.45, 7) is 10.1. The van der Waals surface area contributed by atoms with Crippen molar-refractivity contribution in [2.75, 3.05) is 13.1 Å². The van der Waals surface area contributed by atoms with Crippen molar-refractivity contribution in [3.8, 4) is 5.75 Å². The molecular weight excluding hydrogens is 338 g/mol. The Morgan fingerprint density at radius 3 is 2.19 bits per heavy atom. The highest BCUT2D eigenvalue weighted by atomic mass is 16.5. The van der Waals surface area contributed by atoms with Crippen molar-refractivity contribution in [3.63, 3.8) is 0 Å². The fraction of sp³-hybridized carbons (Fsp3) is 0.435. The Morgan fingerprint density at radius 2 is 1.63 bits per heavy atom. The zero-order valence-corrected chi connectivity index (χ0v) is 16.6. The molecule has 0 saturated carbocycles. The van der Waals surface area contributed by atoms with E-state index in [0.29, 0.717) is 31.2 Å². The third-order valence-electron chi connectivity index (χ3n) is 4.86. The molecule has 1 aliphatic heterocycles. The Morgan fingerprint density at radius 1 is 1.04 bits per heavy atom. The molecule has 0 aliphatic carbocycles. The molecule has 4 heteroatoms. The van der Waals surface area contributed by atoms with E-state index in [1.807, 2.05) is 55.1 Å². The molecular formula is C23H29NO3. The van der Waals surface area contributed by atoms with Crippen LogP contribution in [0.1, 0.15) is 55.1 Å². The van der Waals surface area contributed by atoms with Crippen LogP contribution in [0.15, 0.2) is 48.5 Å². The van der Waals surface area contributed by atoms with Gasteiger partial charge in [0.15, 0.2) is 0 Å². The first-order chi connectivity index (χ1) is 12.9. The smallest absolute Gasteiger partial charge is 0.254 e. The summed E-state index contributed by atoms with van der Waals surface area (Å²) in [7, 11) is 0. The largest absolute Gasteiger partial charge is 0.489 e. The molecule has 1 saturated heterocycles. The molecule has 0 unspecified atom stereocenters. The summed E-state index contributed by atoms with van der Waals surface area (Å²) in [5.74, 6) is 1.44. The molecule has 3 rings (SSSR count). The lowest BCUT2D eigenvalue weighted by molar-refractivity contribution is -0.0586. The highest BCUT2D eigenvalue weighted by Gasteiger charge is 2.26. The first-order valence-electron chi connectivity index (χ1n) is 9.69. The third kappa shape index (κ3) is 5.10. The molecule has 144 valence electrons. The monoisotopic (exact) mass is 367 g/mol. The van der Waals surface area contributed by atoms with Crippen LogP contribution >= 0.6 is 0 Å². The van der Waals surface area contributed by atoms with Gasteiger partial charge in [-0.25, -0.2) is 0 Å². The summed E-state index contributed by atoms with van der Waals surface area (Å²) in [6, 6.07) is 15.9. The molecule has 0 bridgehead atoms. The van der Waals surface area contributed by atoms with Gasteiger partial charge >= 0.3 is 0 Å². The second kappa shape index (κ2) is 8.57. The van der Waals surface area contributed by atoms with Crippen molar-refractivity contribution < 1.29 is 14.3 Å². The number of nitrogens with zero attached hydrogens (tertiary/aromatic N) is 1. The minimum Gasteiger partial charge on any atom is -0.489 e. The first-order valence-corrected chi connectivity index (χ1v) is 9.69. The summed E-state index contributed by atoms with van der Waals surface area (Å²) < 4.78 is 11.6. The van der Waals surface area contributed by atoms with E-state index in [2.05, 4.69) is 26.0 Å². The van der Waals surface area contributed by atoms with Crippen molar-refractivity contribution in [1.82, 2.24) is 4.90 Å². The Bertz CT molecular complexity index is 742. The Kier molecular flexibility index (Phi) is 6.17. The van der Waals surface area contributed by atoms with E-state index in [1.165, 1.54) is 5.56 Å². The van der Waals surface area contributed by atoms with Gasteiger partial charge in [0.25, 0.3) is 5.91 Å². The standard InChI is InChI=1S/C23H29NO3/c1-16(2)20-9-11-22(12-10-20)26-15-19-5-7-21(8-6-19)23(25)24-13-17(3)27-18(4)14-24/h5-12,16-18H,13-15H2,1-4H3/t17-,18-/m0/s1. The van der Waals surface area contributed by atoms with E-state index in [9.17, 15) is 4.79 Å². The SMILES string of the molecule is CC(C)c1ccc(OCc2ccc(C(=O)N3C[C@H](C)O[C@@H](C)C3)cc2)cc1. The molecule has 1 aliphatic rings. The topological polar surface area (TPSA) is 38.8 Å². The lowest BCUT2D eigenvalue weighted by atomic mass is 10.0. The second-order valence-corrected chi connectivity index (χ2v) is 7.68. The maximum atomic E-state index is 12.7. The van der Waals surface area contributed by atoms with Crippen LogP contribution in [0.25, 0.3) is 0 Å². The Labute approximate surface area is 162 Å². The van der Waals surface area contributed by atoms with Crippen LogP contribution in [0.2, 0.25) is 0 Å². The van der Waals surface area contributed by atoms with Crippen LogP contribution in [0.4, 0.5) is 0 Å². The zero-order chi connectivity index (χ0) is 19.4. The van der Waals surface area contributed by atoms with Gasteiger partial charge in [-0.05, 0) is 55.2 Å². The number of rotatable bonds is 5. The van der Waals surface area contributed by atoms with E-state index < -0.39 is 0 Å². The number of morpholine rings is 1. The second-order valence-electron chi connectivity index (χ2n) is 7.68. The maximum Gasteiger partial charge on any atom is 0.254 e. The van der Waals surface area contributed by atoms with Crippen LogP contribution in [0, 0.1) is 0 Å². The molecule has 1 fully saturated rings. The van der Waals surface area contributed by atoms with Gasteiger partial charge < -0.3 is 14.4 Å². The predicted molar refractivity (Wildman–Crippen MR) is 107 cm³/mol. The van der Waals surface area contributed by atoms with Crippen molar-refractivity contribution in [2.45, 2.75) is 52.4 Å². The molecule has 0 aromatic heterocycles. The summed E-state index contributed by atoms with van der Waals surface area (Å²) in [6.07, 6.45) is 0.153. The van der Waals surface area contributed by atoms with Gasteiger partial charge in [-0.2, -0.15) is 0 Å². The average molecular weight is 367 g/mol. The quantitative estimate of drug-likeness (QED) is 0.773. The maximum absolute atomic E-state index is 12.7. The van der Waals surface area contributed by atoms with Crippen LogP contribution in [-0.4, -0.2) is 36.1 Å². The zero-order valence-electron chi connectivity index (χ0n) is 16.6. The van der Waals surface area contributed by atoms with E-state index in [0.717, 1.165) is 11.3 Å². The summed E-state index contributed by atoms with van der Waals surface area (Å²) in [4.78, 5) is 14.6. The van der Waals surface area contributed by atoms with Crippen molar-refractivity contribution in [2.24, 2.45) is 0 Å². The first kappa shape index (κ1) is 19.4. The lowest BCUT2D eigenvalue weighted by Crippen LogP contribution is -2.48. The molecule has 27 heavy (non-hydrogen) atoms. The fourth-order valence-corrected chi connectivity index (χ4v) is 3.39. The third-order valence-corrected chi connectivity index (χ3v) is 4.86. The Hall–Kier alpha value is -2.33. The van der Waals surface area contributed by atoms with Crippen LogP contribution in [0.3, 0.4) is 0 Å². The molecule has 2 aromatic carbocycles. The van der Waals surface area contributed by atoms with Crippen LogP contribution < -0.4 is 4.74 Å². The number of hydrogen-bond acceptors (Lipinski definition) is 3. The molecule has 0 radical (unpaired) electrons. The molecule has 4 nitrogen and oxygen atoms in total. The van der Waals surface area contributed by atoms with Gasteiger partial charge in [-0.15, -0.1) is 0 Å². The molecule has 1 amide bonds. The van der Waals surface area contributed by atoms with Gasteiger partial charge in [-0.1, -0.05) is 38.1 Å². The average Bonchev–Trinajstić information content (AvgIpc) is 2.66. The minimum absolute atomic E-state index is 0.0637. The van der Waals surface area contributed by atoms with Gasteiger partial charge in [0.05, 0.1) is 12.2 Å². The Balaban J connectivity index is 1.57. The fourth-order valence-electron chi connectivity index (χ4n) is 3.39. The molecule has 0 spiro atoms. The molecule has 0 N–H and O–H groups in total. The lowest BCUT2D eigenvalue weighted by Gasteiger charge is -2.35. The molecule has 2 aromatic rings. The van der Waals surface area contributed by atoms with Gasteiger partial charge in [-0.3, -0.25) is 4.79 Å². The van der Waals surface area contributed by atoms with E-state index in [-0.39, 0.29) is 18.1 Å². The summed E-state index contributed by atoms with van der Waals surface area (Å²) >= 11 is 0. The number of ether oxygens (including phenoxy) is 2. The van der Waals surface area contributed by atoms with Crippen LogP contribution in [-0.2, 0) is 11.3 Å². The summed E-state index contributed by atoms with van der Waals surface area (Å²) in [5, 5.41) is 0.